The standard InChI is InChI=1S/C14H26N4O4S2/c15-17-13(21)7-5-11(19)3-1-9-23-24-10-2-4-12(20)6-8-14(22)18-16/h1-10,15-16H2,(H,17,21)(H,18,22). The first kappa shape index (κ1) is 22.9. The molecule has 0 saturated carbocycles. The van der Waals surface area contributed by atoms with Crippen LogP contribution in [0, 0.1) is 0 Å². The number of carbonyl (C=O) groups excluding carboxylic acids is 4. The number of hydrogen-bond donors (Lipinski definition) is 4. The van der Waals surface area contributed by atoms with Gasteiger partial charge in [0.05, 0.1) is 0 Å². The van der Waals surface area contributed by atoms with Crippen molar-refractivity contribution in [1.29, 1.82) is 0 Å². The van der Waals surface area contributed by atoms with Gasteiger partial charge in [0, 0.05) is 50.0 Å². The molecule has 0 aliphatic carbocycles. The van der Waals surface area contributed by atoms with E-state index in [1.54, 1.807) is 21.6 Å². The van der Waals surface area contributed by atoms with Crippen LogP contribution in [0.5, 0.6) is 0 Å². The normalized spacial score (nSPS) is 10.2. The van der Waals surface area contributed by atoms with Crippen LogP contribution in [-0.2, 0) is 19.2 Å². The highest BCUT2D eigenvalue weighted by molar-refractivity contribution is 8.76. The molecule has 0 heterocycles. The molecule has 0 aromatic carbocycles. The molecule has 0 atom stereocenters. The minimum atomic E-state index is -0.327. The van der Waals surface area contributed by atoms with E-state index in [-0.39, 0.29) is 49.1 Å². The van der Waals surface area contributed by atoms with Gasteiger partial charge in [0.2, 0.25) is 11.8 Å². The second kappa shape index (κ2) is 15.4. The molecule has 0 fully saturated rings. The highest BCUT2D eigenvalue weighted by Crippen LogP contribution is 2.24. The van der Waals surface area contributed by atoms with Crippen molar-refractivity contribution in [3.05, 3.63) is 0 Å². The molecule has 0 saturated heterocycles. The fourth-order valence-electron chi connectivity index (χ4n) is 1.67. The van der Waals surface area contributed by atoms with Crippen molar-refractivity contribution >= 4 is 45.0 Å². The lowest BCUT2D eigenvalue weighted by atomic mass is 10.1. The van der Waals surface area contributed by atoms with Crippen LogP contribution < -0.4 is 22.5 Å². The molecule has 0 aromatic rings. The second-order valence-electron chi connectivity index (χ2n) is 5.06. The number of nitrogens with one attached hydrogen (secondary N) is 2. The summed E-state index contributed by atoms with van der Waals surface area (Å²) in [7, 11) is 3.34. The Morgan fingerprint density at radius 1 is 0.625 bits per heavy atom. The highest BCUT2D eigenvalue weighted by atomic mass is 33.1. The van der Waals surface area contributed by atoms with Crippen molar-refractivity contribution in [2.45, 2.75) is 51.4 Å². The van der Waals surface area contributed by atoms with Gasteiger partial charge in [-0.25, -0.2) is 11.7 Å². The van der Waals surface area contributed by atoms with Crippen LogP contribution in [0.2, 0.25) is 0 Å². The molecule has 0 aliphatic rings. The Hall–Kier alpha value is -1.10. The predicted octanol–water partition coefficient (Wildman–Crippen LogP) is 0.607. The molecular weight excluding hydrogens is 352 g/mol. The van der Waals surface area contributed by atoms with E-state index in [1.165, 1.54) is 0 Å². The number of rotatable bonds is 15. The molecule has 24 heavy (non-hydrogen) atoms. The number of nitrogens with two attached hydrogens (primary N) is 2. The molecule has 138 valence electrons. The van der Waals surface area contributed by atoms with Gasteiger partial charge in [0.25, 0.3) is 0 Å². The quantitative estimate of drug-likeness (QED) is 0.107. The van der Waals surface area contributed by atoms with Crippen molar-refractivity contribution < 1.29 is 19.2 Å². The maximum absolute atomic E-state index is 11.5. The predicted molar refractivity (Wildman–Crippen MR) is 96.5 cm³/mol. The van der Waals surface area contributed by atoms with Gasteiger partial charge in [-0.1, -0.05) is 21.6 Å². The van der Waals surface area contributed by atoms with Gasteiger partial charge in [-0.15, -0.1) is 0 Å². The lowest BCUT2D eigenvalue weighted by Crippen LogP contribution is -2.30. The zero-order valence-electron chi connectivity index (χ0n) is 13.7. The van der Waals surface area contributed by atoms with Crippen molar-refractivity contribution in [3.63, 3.8) is 0 Å². The van der Waals surface area contributed by atoms with Gasteiger partial charge in [0.1, 0.15) is 11.6 Å². The Labute approximate surface area is 149 Å². The molecule has 0 rings (SSSR count). The third-order valence-corrected chi connectivity index (χ3v) is 5.61. The Bertz CT molecular complexity index is 384. The molecule has 0 radical (unpaired) electrons. The number of Topliss-reactive ketones (excluding diaryl/α,β-unsaturated/α-hetero) is 2. The zero-order chi connectivity index (χ0) is 18.2. The van der Waals surface area contributed by atoms with Crippen LogP contribution in [0.3, 0.4) is 0 Å². The van der Waals surface area contributed by atoms with Crippen molar-refractivity contribution in [2.75, 3.05) is 11.5 Å². The average molecular weight is 379 g/mol. The van der Waals surface area contributed by atoms with E-state index in [0.717, 1.165) is 24.3 Å². The van der Waals surface area contributed by atoms with Crippen LogP contribution in [-0.4, -0.2) is 34.9 Å². The molecule has 2 amide bonds. The molecule has 0 unspecified atom stereocenters. The molecule has 10 heteroatoms. The average Bonchev–Trinajstić information content (AvgIpc) is 2.59. The lowest BCUT2D eigenvalue weighted by Gasteiger charge is -2.03. The summed E-state index contributed by atoms with van der Waals surface area (Å²) in [4.78, 5) is 44.8. The Morgan fingerprint density at radius 3 is 1.33 bits per heavy atom. The maximum Gasteiger partial charge on any atom is 0.234 e. The maximum atomic E-state index is 11.5. The highest BCUT2D eigenvalue weighted by Gasteiger charge is 2.07. The molecule has 0 bridgehead atoms. The third kappa shape index (κ3) is 14.5. The molecule has 0 aliphatic heterocycles. The summed E-state index contributed by atoms with van der Waals surface area (Å²) in [5.74, 6) is 11.0. The smallest absolute Gasteiger partial charge is 0.234 e. The van der Waals surface area contributed by atoms with E-state index >= 15 is 0 Å². The molecule has 6 N–H and O–H groups in total. The van der Waals surface area contributed by atoms with Crippen LogP contribution >= 0.6 is 21.6 Å². The number of ketones is 2. The van der Waals surface area contributed by atoms with Gasteiger partial charge in [-0.05, 0) is 12.8 Å². The minimum absolute atomic E-state index is 0.0660. The fraction of sp³-hybridized carbons (Fsp3) is 0.714. The van der Waals surface area contributed by atoms with E-state index in [9.17, 15) is 19.2 Å². The summed E-state index contributed by atoms with van der Waals surface area (Å²) in [6, 6.07) is 0. The second-order valence-corrected chi connectivity index (χ2v) is 7.77. The van der Waals surface area contributed by atoms with E-state index in [2.05, 4.69) is 0 Å². The van der Waals surface area contributed by atoms with Crippen molar-refractivity contribution in [3.8, 4) is 0 Å². The largest absolute Gasteiger partial charge is 0.300 e. The first-order chi connectivity index (χ1) is 11.5. The van der Waals surface area contributed by atoms with Gasteiger partial charge in [-0.3, -0.25) is 30.0 Å². The topological polar surface area (TPSA) is 144 Å². The summed E-state index contributed by atoms with van der Waals surface area (Å²) in [5.41, 5.74) is 3.99. The van der Waals surface area contributed by atoms with Crippen LogP contribution in [0.4, 0.5) is 0 Å². The first-order valence-electron chi connectivity index (χ1n) is 7.76. The van der Waals surface area contributed by atoms with Gasteiger partial charge < -0.3 is 0 Å². The Balaban J connectivity index is 3.39. The number of carbonyl (C=O) groups is 4. The van der Waals surface area contributed by atoms with Crippen molar-refractivity contribution in [1.82, 2.24) is 10.9 Å². The first-order valence-corrected chi connectivity index (χ1v) is 10.2. The zero-order valence-corrected chi connectivity index (χ0v) is 15.3. The Morgan fingerprint density at radius 2 is 1.00 bits per heavy atom. The van der Waals surface area contributed by atoms with Crippen LogP contribution in [0.15, 0.2) is 0 Å². The molecular formula is C14H26N4O4S2. The number of hydrazine groups is 2. The number of hydrogen-bond acceptors (Lipinski definition) is 8. The fourth-order valence-corrected chi connectivity index (χ4v) is 3.85. The lowest BCUT2D eigenvalue weighted by molar-refractivity contribution is -0.125. The van der Waals surface area contributed by atoms with Gasteiger partial charge in [0.15, 0.2) is 0 Å². The number of amides is 2. The minimum Gasteiger partial charge on any atom is -0.300 e. The van der Waals surface area contributed by atoms with E-state index < -0.39 is 0 Å². The molecule has 8 nitrogen and oxygen atoms in total. The summed E-state index contributed by atoms with van der Waals surface area (Å²) >= 11 is 0. The SMILES string of the molecule is NNC(=O)CCC(=O)CCCSSCCCC(=O)CCC(=O)NN. The van der Waals surface area contributed by atoms with E-state index in [4.69, 9.17) is 11.7 Å². The molecule has 0 spiro atoms. The van der Waals surface area contributed by atoms with Crippen LogP contribution in [0.25, 0.3) is 0 Å². The van der Waals surface area contributed by atoms with E-state index in [0.29, 0.717) is 12.8 Å². The van der Waals surface area contributed by atoms with Crippen molar-refractivity contribution in [2.24, 2.45) is 11.7 Å². The summed E-state index contributed by atoms with van der Waals surface area (Å²) in [6.45, 7) is 0. The van der Waals surface area contributed by atoms with Crippen LogP contribution in [0.1, 0.15) is 51.4 Å². The van der Waals surface area contributed by atoms with Gasteiger partial charge >= 0.3 is 0 Å². The monoisotopic (exact) mass is 378 g/mol. The Kier molecular flexibility index (Phi) is 14.7. The summed E-state index contributed by atoms with van der Waals surface area (Å²) in [6.07, 6.45) is 3.20. The van der Waals surface area contributed by atoms with Gasteiger partial charge in [-0.2, -0.15) is 0 Å². The third-order valence-electron chi connectivity index (χ3n) is 3.03. The molecule has 0 aromatic heterocycles. The summed E-state index contributed by atoms with van der Waals surface area (Å²) in [5, 5.41) is 0. The summed E-state index contributed by atoms with van der Waals surface area (Å²) < 4.78 is 0. The van der Waals surface area contributed by atoms with E-state index in [1.807, 2.05) is 10.9 Å².